The molecule has 5 aromatic rings. The van der Waals surface area contributed by atoms with Crippen LogP contribution in [0, 0.1) is 18.2 Å². The van der Waals surface area contributed by atoms with Gasteiger partial charge in [-0.2, -0.15) is 0 Å². The van der Waals surface area contributed by atoms with Crippen molar-refractivity contribution in [3.63, 3.8) is 0 Å². The number of terminal acetylenes is 1. The molecule has 240 valence electrons. The fourth-order valence-corrected chi connectivity index (χ4v) is 6.35. The van der Waals surface area contributed by atoms with Crippen LogP contribution in [0.4, 0.5) is 10.1 Å². The van der Waals surface area contributed by atoms with Crippen LogP contribution in [0.1, 0.15) is 24.0 Å². The van der Waals surface area contributed by atoms with E-state index in [1.54, 1.807) is 30.5 Å². The maximum absolute atomic E-state index is 15.1. The third-order valence-electron chi connectivity index (χ3n) is 7.32. The topological polar surface area (TPSA) is 122 Å². The standard InChI is InChI=1S/C33H29FN6O2S2.CH2O2/c1-2-22-7-3-4-8-23(22)17-31(41)38-33(43)37-24-9-10-28(25(34)18-24)42-29-11-12-35-26-19-30(44-32(26)29)27-20-40(21-36-27)16-15-39-13-5-6-14-39;2-1-3/h1,3-4,7-12,18-21H,5-6,13-17H2,(H2,37,38,41,43);1H,(H,2,3). The lowest BCUT2D eigenvalue weighted by Gasteiger charge is -2.14. The van der Waals surface area contributed by atoms with Gasteiger partial charge in [-0.25, -0.2) is 9.37 Å². The van der Waals surface area contributed by atoms with Crippen molar-refractivity contribution < 1.29 is 23.8 Å². The van der Waals surface area contributed by atoms with Crippen LogP contribution in [0.25, 0.3) is 20.8 Å². The van der Waals surface area contributed by atoms with Crippen molar-refractivity contribution in [2.24, 2.45) is 0 Å². The highest BCUT2D eigenvalue weighted by molar-refractivity contribution is 7.80. The number of thiocarbonyl (C=S) groups is 1. The number of halogens is 1. The minimum atomic E-state index is -0.592. The first-order valence-electron chi connectivity index (χ1n) is 14.7. The van der Waals surface area contributed by atoms with E-state index in [0.29, 0.717) is 22.6 Å². The zero-order valence-electron chi connectivity index (χ0n) is 25.2. The van der Waals surface area contributed by atoms with Gasteiger partial charge in [-0.1, -0.05) is 24.1 Å². The molecule has 1 aliphatic heterocycles. The highest BCUT2D eigenvalue weighted by Gasteiger charge is 2.16. The fraction of sp³-hybridized carbons (Fsp3) is 0.206. The molecular weight excluding hydrogens is 640 g/mol. The molecule has 1 fully saturated rings. The van der Waals surface area contributed by atoms with E-state index >= 15 is 4.39 Å². The predicted octanol–water partition coefficient (Wildman–Crippen LogP) is 5.92. The van der Waals surface area contributed by atoms with E-state index < -0.39 is 5.82 Å². The number of carbonyl (C=O) groups is 2. The van der Waals surface area contributed by atoms with Gasteiger partial charge in [0.2, 0.25) is 5.91 Å². The van der Waals surface area contributed by atoms with Gasteiger partial charge >= 0.3 is 0 Å². The summed E-state index contributed by atoms with van der Waals surface area (Å²) < 4.78 is 24.0. The second kappa shape index (κ2) is 15.9. The number of carbonyl (C=O) groups excluding carboxylic acids is 1. The van der Waals surface area contributed by atoms with Gasteiger partial charge in [0.1, 0.15) is 5.75 Å². The minimum absolute atomic E-state index is 0.0432. The largest absolute Gasteiger partial charge is 0.483 e. The molecule has 0 saturated carbocycles. The number of pyridine rings is 1. The van der Waals surface area contributed by atoms with Crippen LogP contribution in [0.15, 0.2) is 73.3 Å². The van der Waals surface area contributed by atoms with Crippen LogP contribution in [0.3, 0.4) is 0 Å². The molecular formula is C34H31FN6O4S2. The highest BCUT2D eigenvalue weighted by Crippen LogP contribution is 2.39. The first-order valence-corrected chi connectivity index (χ1v) is 15.9. The van der Waals surface area contributed by atoms with Crippen LogP contribution in [-0.4, -0.2) is 61.7 Å². The molecule has 1 aliphatic rings. The molecule has 47 heavy (non-hydrogen) atoms. The van der Waals surface area contributed by atoms with Gasteiger partial charge in [0.25, 0.3) is 6.47 Å². The Labute approximate surface area is 280 Å². The van der Waals surface area contributed by atoms with Crippen LogP contribution < -0.4 is 15.4 Å². The number of benzene rings is 2. The van der Waals surface area contributed by atoms with Gasteiger partial charge in [-0.15, -0.1) is 17.8 Å². The summed E-state index contributed by atoms with van der Waals surface area (Å²) in [7, 11) is 0. The fourth-order valence-electron chi connectivity index (χ4n) is 5.10. The van der Waals surface area contributed by atoms with E-state index in [9.17, 15) is 4.79 Å². The monoisotopic (exact) mass is 670 g/mol. The maximum atomic E-state index is 15.1. The predicted molar refractivity (Wildman–Crippen MR) is 184 cm³/mol. The van der Waals surface area contributed by atoms with Crippen molar-refractivity contribution in [3.8, 4) is 34.4 Å². The molecule has 6 rings (SSSR count). The Kier molecular flexibility index (Phi) is 11.2. The van der Waals surface area contributed by atoms with Crippen molar-refractivity contribution in [1.29, 1.82) is 0 Å². The van der Waals surface area contributed by atoms with Gasteiger partial charge < -0.3 is 29.9 Å². The lowest BCUT2D eigenvalue weighted by atomic mass is 10.1. The second-order valence-corrected chi connectivity index (χ2v) is 12.0. The van der Waals surface area contributed by atoms with Crippen LogP contribution in [0.5, 0.6) is 11.5 Å². The number of rotatable bonds is 9. The number of thiophene rings is 1. The molecule has 10 nitrogen and oxygen atoms in total. The zero-order chi connectivity index (χ0) is 33.2. The smallest absolute Gasteiger partial charge is 0.290 e. The van der Waals surface area contributed by atoms with Crippen LogP contribution in [-0.2, 0) is 22.6 Å². The summed E-state index contributed by atoms with van der Waals surface area (Å²) in [6, 6.07) is 15.3. The van der Waals surface area contributed by atoms with Gasteiger partial charge in [-0.05, 0) is 68.0 Å². The summed E-state index contributed by atoms with van der Waals surface area (Å²) in [5.41, 5.74) is 3.34. The number of likely N-dealkylation sites (tertiary alicyclic amines) is 1. The molecule has 0 unspecified atom stereocenters. The number of hydrogen-bond acceptors (Lipinski definition) is 8. The summed E-state index contributed by atoms with van der Waals surface area (Å²) in [6.45, 7) is 4.00. The summed E-state index contributed by atoms with van der Waals surface area (Å²) in [4.78, 5) is 33.4. The number of amides is 1. The lowest BCUT2D eigenvalue weighted by molar-refractivity contribution is -0.123. The molecule has 3 N–H and O–H groups in total. The number of carboxylic acid groups (broad SMARTS) is 1. The molecule has 0 radical (unpaired) electrons. The summed E-state index contributed by atoms with van der Waals surface area (Å²) in [5.74, 6) is 2.18. The molecule has 1 saturated heterocycles. The van der Waals surface area contributed by atoms with Crippen LogP contribution in [0.2, 0.25) is 0 Å². The molecule has 0 bridgehead atoms. The molecule has 0 spiro atoms. The van der Waals surface area contributed by atoms with E-state index in [2.05, 4.69) is 42.2 Å². The second-order valence-electron chi connectivity index (χ2n) is 10.5. The van der Waals surface area contributed by atoms with Crippen molar-refractivity contribution >= 4 is 57.0 Å². The van der Waals surface area contributed by atoms with Crippen LogP contribution >= 0.6 is 23.6 Å². The normalized spacial score (nSPS) is 12.5. The van der Waals surface area contributed by atoms with Gasteiger partial charge in [-0.3, -0.25) is 14.6 Å². The SMILES string of the molecule is C#Cc1ccccc1CC(=O)NC(=S)Nc1ccc(Oc2ccnc3cc(-c4cn(CCN5CCCC5)cn4)sc23)c(F)c1.O=CO. The molecule has 0 atom stereocenters. The van der Waals surface area contributed by atoms with E-state index in [1.807, 2.05) is 24.5 Å². The first-order chi connectivity index (χ1) is 22.9. The Morgan fingerprint density at radius 3 is 2.68 bits per heavy atom. The molecule has 1 amide bonds. The molecule has 3 aromatic heterocycles. The van der Waals surface area contributed by atoms with Crippen molar-refractivity contribution in [2.45, 2.75) is 25.8 Å². The third-order valence-corrected chi connectivity index (χ3v) is 8.69. The summed E-state index contributed by atoms with van der Waals surface area (Å²) in [5, 5.41) is 12.4. The Bertz CT molecular complexity index is 1930. The average Bonchev–Trinajstić information content (AvgIpc) is 3.83. The number of fused-ring (bicyclic) bond motifs is 1. The van der Waals surface area contributed by atoms with Gasteiger partial charge in [0.15, 0.2) is 16.7 Å². The number of nitrogens with one attached hydrogen (secondary N) is 2. The van der Waals surface area contributed by atoms with E-state index in [1.165, 1.54) is 49.4 Å². The van der Waals surface area contributed by atoms with E-state index in [-0.39, 0.29) is 29.7 Å². The summed E-state index contributed by atoms with van der Waals surface area (Å²) in [6.07, 6.45) is 13.7. The number of hydrogen-bond donors (Lipinski definition) is 3. The molecule has 2 aromatic carbocycles. The number of anilines is 1. The number of imidazole rings is 1. The van der Waals surface area contributed by atoms with Crippen molar-refractivity contribution in [1.82, 2.24) is 24.8 Å². The zero-order valence-corrected chi connectivity index (χ0v) is 26.8. The molecule has 4 heterocycles. The Morgan fingerprint density at radius 1 is 1.13 bits per heavy atom. The number of aromatic nitrogens is 3. The lowest BCUT2D eigenvalue weighted by Crippen LogP contribution is -2.35. The molecule has 13 heteroatoms. The van der Waals surface area contributed by atoms with E-state index in [4.69, 9.17) is 33.3 Å². The van der Waals surface area contributed by atoms with Crippen molar-refractivity contribution in [2.75, 3.05) is 25.0 Å². The quantitative estimate of drug-likeness (QED) is 0.0996. The highest BCUT2D eigenvalue weighted by atomic mass is 32.1. The third kappa shape index (κ3) is 8.76. The average molecular weight is 671 g/mol. The van der Waals surface area contributed by atoms with Crippen molar-refractivity contribution in [3.05, 3.63) is 90.3 Å². The Morgan fingerprint density at radius 2 is 1.91 bits per heavy atom. The van der Waals surface area contributed by atoms with Gasteiger partial charge in [0.05, 0.1) is 33.5 Å². The Balaban J connectivity index is 0.00000139. The molecule has 0 aliphatic carbocycles. The van der Waals surface area contributed by atoms with Gasteiger partial charge in [0, 0.05) is 48.9 Å². The first kappa shape index (κ1) is 33.2. The number of nitrogens with zero attached hydrogens (tertiary/aromatic N) is 4. The maximum Gasteiger partial charge on any atom is 0.290 e. The number of ether oxygens (including phenoxy) is 1. The minimum Gasteiger partial charge on any atom is -0.483 e. The van der Waals surface area contributed by atoms with E-state index in [0.717, 1.165) is 33.9 Å². The summed E-state index contributed by atoms with van der Waals surface area (Å²) >= 11 is 6.76. The Hall–Kier alpha value is -5.16.